The molecule has 1 amide bonds. The Balaban J connectivity index is 2.05. The van der Waals surface area contributed by atoms with Crippen molar-refractivity contribution in [2.75, 3.05) is 0 Å². The van der Waals surface area contributed by atoms with Gasteiger partial charge in [-0.25, -0.2) is 4.98 Å². The normalized spacial score (nSPS) is 10.4. The summed E-state index contributed by atoms with van der Waals surface area (Å²) in [4.78, 5) is 17.3. The molecule has 0 fully saturated rings. The number of aryl methyl sites for hydroxylation is 2. The van der Waals surface area contributed by atoms with E-state index in [0.717, 1.165) is 19.9 Å². The van der Waals surface area contributed by atoms with Gasteiger partial charge in [-0.05, 0) is 41.9 Å². The maximum atomic E-state index is 12.0. The molecule has 2 aromatic rings. The summed E-state index contributed by atoms with van der Waals surface area (Å²) in [6.07, 6.45) is 1.80. The van der Waals surface area contributed by atoms with Crippen LogP contribution in [0.2, 0.25) is 0 Å². The Kier molecular flexibility index (Phi) is 4.14. The second kappa shape index (κ2) is 5.63. The van der Waals surface area contributed by atoms with Crippen molar-refractivity contribution in [3.05, 3.63) is 49.9 Å². The van der Waals surface area contributed by atoms with Crippen molar-refractivity contribution < 1.29 is 4.79 Å². The Labute approximate surface area is 118 Å². The first kappa shape index (κ1) is 13.2. The van der Waals surface area contributed by atoms with Crippen LogP contribution in [0, 0.1) is 13.8 Å². The van der Waals surface area contributed by atoms with Crippen LogP contribution in [0.5, 0.6) is 0 Å². The van der Waals surface area contributed by atoms with Gasteiger partial charge in [-0.1, -0.05) is 11.6 Å². The van der Waals surface area contributed by atoms with E-state index in [-0.39, 0.29) is 5.91 Å². The van der Waals surface area contributed by atoms with Gasteiger partial charge in [0.2, 0.25) is 0 Å². The zero-order chi connectivity index (χ0) is 13.1. The fourth-order valence-corrected chi connectivity index (χ4v) is 2.72. The fourth-order valence-electron chi connectivity index (χ4n) is 1.56. The first-order valence-electron chi connectivity index (χ1n) is 5.52. The van der Waals surface area contributed by atoms with Crippen molar-refractivity contribution in [2.24, 2.45) is 0 Å². The molecule has 0 aliphatic heterocycles. The molecular formula is C13H13BrN2OS. The predicted molar refractivity (Wildman–Crippen MR) is 76.9 cm³/mol. The van der Waals surface area contributed by atoms with Gasteiger partial charge in [-0.15, -0.1) is 11.3 Å². The summed E-state index contributed by atoms with van der Waals surface area (Å²) >= 11 is 4.99. The highest BCUT2D eigenvalue weighted by molar-refractivity contribution is 9.10. The summed E-state index contributed by atoms with van der Waals surface area (Å²) in [6, 6.07) is 5.73. The van der Waals surface area contributed by atoms with E-state index in [2.05, 4.69) is 26.2 Å². The quantitative estimate of drug-likeness (QED) is 0.939. The number of nitrogens with zero attached hydrogens (tertiary/aromatic N) is 1. The molecule has 1 aromatic carbocycles. The van der Waals surface area contributed by atoms with Gasteiger partial charge in [-0.3, -0.25) is 4.79 Å². The average Bonchev–Trinajstić information content (AvgIpc) is 2.75. The van der Waals surface area contributed by atoms with Crippen LogP contribution in [-0.2, 0) is 6.54 Å². The van der Waals surface area contributed by atoms with Gasteiger partial charge in [-0.2, -0.15) is 0 Å². The molecule has 1 heterocycles. The second-order valence-electron chi connectivity index (χ2n) is 4.01. The number of nitrogens with one attached hydrogen (secondary N) is 1. The molecule has 0 spiro atoms. The Morgan fingerprint density at radius 2 is 2.22 bits per heavy atom. The number of benzene rings is 1. The molecule has 18 heavy (non-hydrogen) atoms. The lowest BCUT2D eigenvalue weighted by molar-refractivity contribution is 0.0950. The minimum absolute atomic E-state index is 0.0726. The standard InChI is InChI=1S/C13H13BrN2OS/c1-8-3-4-12(14)11(5-8)13(17)16-7-10-6-15-9(2)18-10/h3-6H,7H2,1-2H3,(H,16,17). The molecule has 0 unspecified atom stereocenters. The molecule has 0 saturated heterocycles. The predicted octanol–water partition coefficient (Wildman–Crippen LogP) is 3.45. The Morgan fingerprint density at radius 3 is 2.89 bits per heavy atom. The van der Waals surface area contributed by atoms with E-state index in [1.165, 1.54) is 0 Å². The maximum absolute atomic E-state index is 12.0. The molecule has 0 saturated carbocycles. The highest BCUT2D eigenvalue weighted by Gasteiger charge is 2.10. The molecular weight excluding hydrogens is 312 g/mol. The summed E-state index contributed by atoms with van der Waals surface area (Å²) in [6.45, 7) is 4.44. The Bertz CT molecular complexity index is 580. The minimum Gasteiger partial charge on any atom is -0.347 e. The van der Waals surface area contributed by atoms with Crippen molar-refractivity contribution in [2.45, 2.75) is 20.4 Å². The molecule has 2 rings (SSSR count). The van der Waals surface area contributed by atoms with Gasteiger partial charge < -0.3 is 5.32 Å². The zero-order valence-electron chi connectivity index (χ0n) is 10.2. The van der Waals surface area contributed by atoms with Crippen LogP contribution < -0.4 is 5.32 Å². The van der Waals surface area contributed by atoms with Crippen molar-refractivity contribution in [1.29, 1.82) is 0 Å². The largest absolute Gasteiger partial charge is 0.347 e. The second-order valence-corrected chi connectivity index (χ2v) is 6.19. The van der Waals surface area contributed by atoms with Crippen LogP contribution in [-0.4, -0.2) is 10.9 Å². The molecule has 94 valence electrons. The lowest BCUT2D eigenvalue weighted by Gasteiger charge is -2.06. The van der Waals surface area contributed by atoms with Crippen molar-refractivity contribution in [3.8, 4) is 0 Å². The van der Waals surface area contributed by atoms with E-state index in [0.29, 0.717) is 12.1 Å². The third-order valence-electron chi connectivity index (χ3n) is 2.46. The molecule has 1 aromatic heterocycles. The van der Waals surface area contributed by atoms with Crippen LogP contribution in [0.1, 0.15) is 25.8 Å². The van der Waals surface area contributed by atoms with E-state index < -0.39 is 0 Å². The van der Waals surface area contributed by atoms with Crippen molar-refractivity contribution >= 4 is 33.2 Å². The molecule has 0 bridgehead atoms. The molecule has 1 N–H and O–H groups in total. The summed E-state index contributed by atoms with van der Waals surface area (Å²) < 4.78 is 0.811. The summed E-state index contributed by atoms with van der Waals surface area (Å²) in [7, 11) is 0. The average molecular weight is 325 g/mol. The molecule has 0 radical (unpaired) electrons. The highest BCUT2D eigenvalue weighted by Crippen LogP contribution is 2.18. The number of aromatic nitrogens is 1. The molecule has 0 aliphatic rings. The van der Waals surface area contributed by atoms with Crippen LogP contribution >= 0.6 is 27.3 Å². The number of carbonyl (C=O) groups excluding carboxylic acids is 1. The van der Waals surface area contributed by atoms with E-state index in [1.54, 1.807) is 17.5 Å². The smallest absolute Gasteiger partial charge is 0.252 e. The topological polar surface area (TPSA) is 42.0 Å². The molecule has 0 atom stereocenters. The van der Waals surface area contributed by atoms with Crippen LogP contribution in [0.4, 0.5) is 0 Å². The van der Waals surface area contributed by atoms with Gasteiger partial charge in [0, 0.05) is 15.5 Å². The maximum Gasteiger partial charge on any atom is 0.252 e. The van der Waals surface area contributed by atoms with Gasteiger partial charge in [0.25, 0.3) is 5.91 Å². The first-order valence-corrected chi connectivity index (χ1v) is 7.13. The van der Waals surface area contributed by atoms with Gasteiger partial charge in [0.15, 0.2) is 0 Å². The SMILES string of the molecule is Cc1ccc(Br)c(C(=O)NCc2cnc(C)s2)c1. The van der Waals surface area contributed by atoms with E-state index in [1.807, 2.05) is 32.0 Å². The van der Waals surface area contributed by atoms with Crippen LogP contribution in [0.25, 0.3) is 0 Å². The third-order valence-corrected chi connectivity index (χ3v) is 4.06. The van der Waals surface area contributed by atoms with E-state index in [9.17, 15) is 4.79 Å². The number of rotatable bonds is 3. The van der Waals surface area contributed by atoms with Crippen LogP contribution in [0.3, 0.4) is 0 Å². The van der Waals surface area contributed by atoms with Gasteiger partial charge in [0.1, 0.15) is 0 Å². The lowest BCUT2D eigenvalue weighted by Crippen LogP contribution is -2.22. The third kappa shape index (κ3) is 3.17. The summed E-state index contributed by atoms with van der Waals surface area (Å²) in [5.41, 5.74) is 1.73. The Morgan fingerprint density at radius 1 is 1.44 bits per heavy atom. The van der Waals surface area contributed by atoms with Crippen molar-refractivity contribution in [3.63, 3.8) is 0 Å². The number of thiazole rings is 1. The molecule has 3 nitrogen and oxygen atoms in total. The first-order chi connectivity index (χ1) is 8.56. The number of carbonyl (C=O) groups is 1. The zero-order valence-corrected chi connectivity index (χ0v) is 12.6. The highest BCUT2D eigenvalue weighted by atomic mass is 79.9. The van der Waals surface area contributed by atoms with Crippen LogP contribution in [0.15, 0.2) is 28.9 Å². The molecule has 5 heteroatoms. The lowest BCUT2D eigenvalue weighted by atomic mass is 10.1. The minimum atomic E-state index is -0.0726. The van der Waals surface area contributed by atoms with Gasteiger partial charge >= 0.3 is 0 Å². The number of hydrogen-bond acceptors (Lipinski definition) is 3. The number of amides is 1. The van der Waals surface area contributed by atoms with E-state index in [4.69, 9.17) is 0 Å². The van der Waals surface area contributed by atoms with E-state index >= 15 is 0 Å². The van der Waals surface area contributed by atoms with Gasteiger partial charge in [0.05, 0.1) is 17.1 Å². The monoisotopic (exact) mass is 324 g/mol. The summed E-state index contributed by atoms with van der Waals surface area (Å²) in [5, 5.41) is 3.91. The summed E-state index contributed by atoms with van der Waals surface area (Å²) in [5.74, 6) is -0.0726. The Hall–Kier alpha value is -1.20. The fraction of sp³-hybridized carbons (Fsp3) is 0.231. The molecule has 0 aliphatic carbocycles. The number of hydrogen-bond donors (Lipinski definition) is 1. The van der Waals surface area contributed by atoms with Crippen molar-refractivity contribution in [1.82, 2.24) is 10.3 Å². The number of halogens is 1.